The lowest BCUT2D eigenvalue weighted by molar-refractivity contribution is -0.134. The van der Waals surface area contributed by atoms with E-state index in [1.165, 1.54) is 7.05 Å². The SMILES string of the molecule is CNC(=O)COC1=Cc2cc(Nc3nc(NCC4CCC(Nc5cccc6c(C7CCC(=O)NC7=O)nn(C)c56)CC4)ncc3Cl)ccc2N(C)C1O. The minimum atomic E-state index is -1.02. The highest BCUT2D eigenvalue weighted by Crippen LogP contribution is 2.37. The average Bonchev–Trinajstić information content (AvgIpc) is 3.49. The molecule has 2 aromatic carbocycles. The first-order valence-electron chi connectivity index (χ1n) is 17.8. The summed E-state index contributed by atoms with van der Waals surface area (Å²) in [7, 11) is 5.17. The van der Waals surface area contributed by atoms with E-state index in [1.54, 1.807) is 24.2 Å². The number of rotatable bonds is 11. The lowest BCUT2D eigenvalue weighted by atomic mass is 9.86. The summed E-state index contributed by atoms with van der Waals surface area (Å²) in [5.41, 5.74) is 4.96. The van der Waals surface area contributed by atoms with E-state index in [-0.39, 0.29) is 30.1 Å². The zero-order valence-electron chi connectivity index (χ0n) is 29.8. The number of fused-ring (bicyclic) bond motifs is 2. The smallest absolute Gasteiger partial charge is 0.257 e. The third-order valence-corrected chi connectivity index (χ3v) is 10.5. The number of carbonyl (C=O) groups is 3. The monoisotopic (exact) mass is 742 g/mol. The molecule has 6 N–H and O–H groups in total. The molecule has 2 unspecified atom stereocenters. The molecule has 0 bridgehead atoms. The Morgan fingerprint density at radius 2 is 1.92 bits per heavy atom. The molecule has 4 aromatic rings. The van der Waals surface area contributed by atoms with Crippen molar-refractivity contribution < 1.29 is 24.2 Å². The zero-order valence-corrected chi connectivity index (χ0v) is 30.5. The van der Waals surface area contributed by atoms with Crippen LogP contribution < -0.4 is 31.5 Å². The van der Waals surface area contributed by atoms with Gasteiger partial charge in [0.1, 0.15) is 10.8 Å². The summed E-state index contributed by atoms with van der Waals surface area (Å²) in [4.78, 5) is 46.7. The van der Waals surface area contributed by atoms with Crippen LogP contribution in [0.1, 0.15) is 55.7 Å². The number of likely N-dealkylation sites (N-methyl/N-ethyl adjacent to an activating group) is 2. The molecule has 4 heterocycles. The van der Waals surface area contributed by atoms with Crippen molar-refractivity contribution in [2.75, 3.05) is 48.1 Å². The van der Waals surface area contributed by atoms with Crippen molar-refractivity contribution in [3.63, 3.8) is 0 Å². The molecule has 278 valence electrons. The number of nitrogens with zero attached hydrogens (tertiary/aromatic N) is 5. The molecule has 3 aliphatic rings. The molecule has 15 nitrogen and oxygen atoms in total. The normalized spacial score (nSPS) is 21.4. The Kier molecular flexibility index (Phi) is 10.4. The second-order valence-corrected chi connectivity index (χ2v) is 14.1. The largest absolute Gasteiger partial charge is 0.483 e. The summed E-state index contributed by atoms with van der Waals surface area (Å²) in [5.74, 6) is 0.368. The Labute approximate surface area is 311 Å². The number of hydrogen-bond acceptors (Lipinski definition) is 12. The summed E-state index contributed by atoms with van der Waals surface area (Å²) in [6.45, 7) is 0.516. The van der Waals surface area contributed by atoms with Crippen LogP contribution in [0.3, 0.4) is 0 Å². The number of aryl methyl sites for hydroxylation is 1. The second-order valence-electron chi connectivity index (χ2n) is 13.7. The maximum Gasteiger partial charge on any atom is 0.257 e. The number of hydrogen-bond donors (Lipinski definition) is 6. The predicted molar refractivity (Wildman–Crippen MR) is 203 cm³/mol. The van der Waals surface area contributed by atoms with E-state index in [0.29, 0.717) is 47.3 Å². The third kappa shape index (κ3) is 7.71. The third-order valence-electron chi connectivity index (χ3n) is 10.2. The van der Waals surface area contributed by atoms with Crippen molar-refractivity contribution >= 4 is 75.1 Å². The van der Waals surface area contributed by atoms with Gasteiger partial charge in [-0.3, -0.25) is 24.4 Å². The molecule has 0 radical (unpaired) electrons. The van der Waals surface area contributed by atoms with Crippen molar-refractivity contribution in [3.05, 3.63) is 64.6 Å². The lowest BCUT2D eigenvalue weighted by Gasteiger charge is -2.32. The van der Waals surface area contributed by atoms with Gasteiger partial charge in [0.25, 0.3) is 5.91 Å². The van der Waals surface area contributed by atoms with Gasteiger partial charge in [-0.05, 0) is 68.4 Å². The van der Waals surface area contributed by atoms with Gasteiger partial charge < -0.3 is 36.0 Å². The lowest BCUT2D eigenvalue weighted by Crippen LogP contribution is -2.39. The molecule has 7 rings (SSSR count). The maximum absolute atomic E-state index is 12.6. The van der Waals surface area contributed by atoms with Gasteiger partial charge in [0.05, 0.1) is 29.0 Å². The van der Waals surface area contributed by atoms with Gasteiger partial charge >= 0.3 is 0 Å². The summed E-state index contributed by atoms with van der Waals surface area (Å²) >= 11 is 6.50. The standard InChI is InChI=1S/C37H43ClN10O5/c1-39-31(50)19-53-29-16-21-15-23(11-13-28(21)47(2)36(29)52)43-34-26(38)18-41-37(45-34)40-17-20-7-9-22(10-8-20)42-27-6-4-5-24-32(46-48(3)33(24)27)25-12-14-30(49)44-35(25)51/h4-6,11,13,15-16,18,20,22,25,36,42,52H,7-10,12,14,17,19H2,1-3H3,(H,39,50)(H,44,49,51)(H2,40,41,43,45). The quantitative estimate of drug-likeness (QED) is 0.120. The summed E-state index contributed by atoms with van der Waals surface area (Å²) in [6.07, 6.45) is 7.06. The summed E-state index contributed by atoms with van der Waals surface area (Å²) < 4.78 is 7.41. The number of nitrogens with one attached hydrogen (secondary N) is 5. The van der Waals surface area contributed by atoms with E-state index in [0.717, 1.165) is 65.8 Å². The van der Waals surface area contributed by atoms with Crippen molar-refractivity contribution in [2.24, 2.45) is 13.0 Å². The van der Waals surface area contributed by atoms with Crippen molar-refractivity contribution in [1.29, 1.82) is 0 Å². The Morgan fingerprint density at radius 1 is 1.11 bits per heavy atom. The fraction of sp³-hybridized carbons (Fsp3) is 0.405. The Bertz CT molecular complexity index is 2080. The number of ether oxygens (including phenoxy) is 1. The molecular formula is C37H43ClN10O5. The Morgan fingerprint density at radius 3 is 2.70 bits per heavy atom. The van der Waals surface area contributed by atoms with Crippen LogP contribution in [0.15, 0.2) is 48.4 Å². The Balaban J connectivity index is 0.949. The number of benzene rings is 2. The number of aliphatic hydroxyl groups excluding tert-OH is 1. The number of aliphatic hydroxyl groups is 1. The number of para-hydroxylation sites is 1. The predicted octanol–water partition coefficient (Wildman–Crippen LogP) is 4.24. The van der Waals surface area contributed by atoms with Crippen LogP contribution >= 0.6 is 11.6 Å². The van der Waals surface area contributed by atoms with E-state index in [1.807, 2.05) is 42.1 Å². The van der Waals surface area contributed by atoms with Gasteiger partial charge in [0.15, 0.2) is 18.7 Å². The number of aromatic nitrogens is 4. The Hall–Kier alpha value is -5.41. The molecule has 2 atom stereocenters. The molecule has 2 aliphatic heterocycles. The van der Waals surface area contributed by atoms with Crippen LogP contribution in [0.4, 0.5) is 28.8 Å². The number of halogens is 1. The first-order chi connectivity index (χ1) is 25.6. The molecule has 3 amide bonds. The summed E-state index contributed by atoms with van der Waals surface area (Å²) in [6, 6.07) is 12.0. The number of amides is 3. The van der Waals surface area contributed by atoms with Crippen LogP contribution in [0.25, 0.3) is 17.0 Å². The molecule has 1 saturated heterocycles. The molecule has 2 aromatic heterocycles. The number of carbonyl (C=O) groups excluding carboxylic acids is 3. The second kappa shape index (κ2) is 15.3. The molecule has 53 heavy (non-hydrogen) atoms. The highest BCUT2D eigenvalue weighted by atomic mass is 35.5. The van der Waals surface area contributed by atoms with Crippen LogP contribution in [0, 0.1) is 5.92 Å². The van der Waals surface area contributed by atoms with Crippen LogP contribution in [-0.4, -0.2) is 82.1 Å². The first kappa shape index (κ1) is 36.0. The first-order valence-corrected chi connectivity index (χ1v) is 18.1. The fourth-order valence-electron chi connectivity index (χ4n) is 7.29. The highest BCUT2D eigenvalue weighted by molar-refractivity contribution is 6.32. The van der Waals surface area contributed by atoms with Gasteiger partial charge in [0, 0.05) is 62.5 Å². The van der Waals surface area contributed by atoms with E-state index in [4.69, 9.17) is 21.4 Å². The molecule has 0 spiro atoms. The van der Waals surface area contributed by atoms with Crippen LogP contribution in [0.5, 0.6) is 0 Å². The fourth-order valence-corrected chi connectivity index (χ4v) is 7.43. The molecule has 2 fully saturated rings. The molecule has 16 heteroatoms. The summed E-state index contributed by atoms with van der Waals surface area (Å²) in [5, 5.41) is 32.1. The number of piperidine rings is 1. The van der Waals surface area contributed by atoms with Gasteiger partial charge in [-0.2, -0.15) is 10.1 Å². The number of imide groups is 1. The van der Waals surface area contributed by atoms with Crippen LogP contribution in [-0.2, 0) is 26.2 Å². The average molecular weight is 743 g/mol. The van der Waals surface area contributed by atoms with Crippen LogP contribution in [0.2, 0.25) is 5.02 Å². The topological polar surface area (TPSA) is 188 Å². The minimum Gasteiger partial charge on any atom is -0.483 e. The van der Waals surface area contributed by atoms with E-state index in [2.05, 4.69) is 42.6 Å². The molecule has 1 aliphatic carbocycles. The van der Waals surface area contributed by atoms with Gasteiger partial charge in [-0.1, -0.05) is 23.7 Å². The molecular weight excluding hydrogens is 700 g/mol. The van der Waals surface area contributed by atoms with Gasteiger partial charge in [0.2, 0.25) is 17.8 Å². The van der Waals surface area contributed by atoms with Gasteiger partial charge in [-0.25, -0.2) is 4.98 Å². The van der Waals surface area contributed by atoms with E-state index < -0.39 is 12.1 Å². The maximum atomic E-state index is 12.6. The van der Waals surface area contributed by atoms with Crippen molar-refractivity contribution in [1.82, 2.24) is 30.4 Å². The highest BCUT2D eigenvalue weighted by Gasteiger charge is 2.32. The van der Waals surface area contributed by atoms with Crippen molar-refractivity contribution in [3.8, 4) is 0 Å². The minimum absolute atomic E-state index is 0.204. The van der Waals surface area contributed by atoms with Crippen molar-refractivity contribution in [2.45, 2.75) is 56.7 Å². The van der Waals surface area contributed by atoms with E-state index in [9.17, 15) is 19.5 Å². The zero-order chi connectivity index (χ0) is 37.2. The number of anilines is 5. The molecule has 1 saturated carbocycles. The van der Waals surface area contributed by atoms with E-state index >= 15 is 0 Å². The van der Waals surface area contributed by atoms with Gasteiger partial charge in [-0.15, -0.1) is 0 Å².